The molecule has 3 heteroatoms. The van der Waals surface area contributed by atoms with E-state index in [9.17, 15) is 0 Å². The van der Waals surface area contributed by atoms with Gasteiger partial charge in [0.05, 0.1) is 11.5 Å². The molecule has 3 nitrogen and oxygen atoms in total. The van der Waals surface area contributed by atoms with Gasteiger partial charge in [-0.3, -0.25) is 9.80 Å². The van der Waals surface area contributed by atoms with E-state index in [0.29, 0.717) is 11.6 Å². The Bertz CT molecular complexity index is 285. The molecule has 0 aromatic heterocycles. The van der Waals surface area contributed by atoms with E-state index in [1.807, 2.05) is 0 Å². The number of rotatable bonds is 1. The molecular formula is C12H21N3. The van der Waals surface area contributed by atoms with Crippen molar-refractivity contribution in [2.75, 3.05) is 26.2 Å². The molecule has 84 valence electrons. The van der Waals surface area contributed by atoms with Crippen LogP contribution in [0.25, 0.3) is 0 Å². The molecule has 0 spiro atoms. The summed E-state index contributed by atoms with van der Waals surface area (Å²) >= 11 is 0. The van der Waals surface area contributed by atoms with Gasteiger partial charge < -0.3 is 0 Å². The maximum Gasteiger partial charge on any atom is 0.0799 e. The third-order valence-corrected chi connectivity index (χ3v) is 3.70. The minimum Gasteiger partial charge on any atom is -0.295 e. The molecule has 0 aromatic rings. The van der Waals surface area contributed by atoms with Gasteiger partial charge in [-0.2, -0.15) is 5.26 Å². The highest BCUT2D eigenvalue weighted by atomic mass is 15.4. The molecule has 0 amide bonds. The van der Waals surface area contributed by atoms with Gasteiger partial charge in [-0.05, 0) is 27.7 Å². The van der Waals surface area contributed by atoms with Crippen molar-refractivity contribution in [3.8, 4) is 6.07 Å². The molecule has 2 aliphatic heterocycles. The minimum atomic E-state index is -0.0673. The predicted molar refractivity (Wildman–Crippen MR) is 60.4 cm³/mol. The zero-order chi connectivity index (χ0) is 11.3. The average Bonchev–Trinajstić information content (AvgIpc) is 1.95. The van der Waals surface area contributed by atoms with E-state index in [4.69, 9.17) is 5.26 Å². The second-order valence-electron chi connectivity index (χ2n) is 6.31. The number of hydrogen-bond acceptors (Lipinski definition) is 3. The van der Waals surface area contributed by atoms with Crippen molar-refractivity contribution >= 4 is 0 Å². The standard InChI is InChI=1S/C12H21N3/c1-11(2,3)15-5-10(6-15)14-8-12(4,7-13)9-14/h10H,5-6,8-9H2,1-4H3. The molecule has 2 fully saturated rings. The van der Waals surface area contributed by atoms with Crippen molar-refractivity contribution in [3.05, 3.63) is 0 Å². The van der Waals surface area contributed by atoms with Gasteiger partial charge in [-0.1, -0.05) is 0 Å². The van der Waals surface area contributed by atoms with Crippen LogP contribution in [0, 0.1) is 16.7 Å². The largest absolute Gasteiger partial charge is 0.295 e. The Morgan fingerprint density at radius 1 is 1.27 bits per heavy atom. The van der Waals surface area contributed by atoms with Crippen LogP contribution in [0.1, 0.15) is 27.7 Å². The summed E-state index contributed by atoms with van der Waals surface area (Å²) in [7, 11) is 0. The Morgan fingerprint density at radius 3 is 2.20 bits per heavy atom. The van der Waals surface area contributed by atoms with E-state index in [1.165, 1.54) is 13.1 Å². The van der Waals surface area contributed by atoms with Crippen molar-refractivity contribution in [2.24, 2.45) is 5.41 Å². The maximum absolute atomic E-state index is 8.93. The first-order valence-corrected chi connectivity index (χ1v) is 5.74. The predicted octanol–water partition coefficient (Wildman–Crippen LogP) is 1.31. The molecule has 0 bridgehead atoms. The molecular weight excluding hydrogens is 186 g/mol. The van der Waals surface area contributed by atoms with Gasteiger partial charge in [0.25, 0.3) is 0 Å². The first kappa shape index (κ1) is 10.9. The molecule has 15 heavy (non-hydrogen) atoms. The SMILES string of the molecule is CC1(C#N)CN(C2CN(C(C)(C)C)C2)C1. The fourth-order valence-electron chi connectivity index (χ4n) is 2.41. The lowest BCUT2D eigenvalue weighted by Crippen LogP contribution is -2.70. The lowest BCUT2D eigenvalue weighted by Gasteiger charge is -2.57. The molecule has 2 saturated heterocycles. The molecule has 0 saturated carbocycles. The lowest BCUT2D eigenvalue weighted by atomic mass is 9.81. The number of nitriles is 1. The number of likely N-dealkylation sites (tertiary alicyclic amines) is 2. The first-order chi connectivity index (χ1) is 6.84. The molecule has 0 aromatic carbocycles. The summed E-state index contributed by atoms with van der Waals surface area (Å²) in [5, 5.41) is 8.93. The Labute approximate surface area is 92.7 Å². The second-order valence-corrected chi connectivity index (χ2v) is 6.31. The molecule has 0 unspecified atom stereocenters. The Kier molecular flexibility index (Phi) is 2.33. The van der Waals surface area contributed by atoms with Gasteiger partial charge in [0.15, 0.2) is 0 Å². The van der Waals surface area contributed by atoms with Crippen LogP contribution in [-0.2, 0) is 0 Å². The summed E-state index contributed by atoms with van der Waals surface area (Å²) in [6.07, 6.45) is 0. The Hall–Kier alpha value is -0.590. The lowest BCUT2D eigenvalue weighted by molar-refractivity contribution is -0.0779. The Morgan fingerprint density at radius 2 is 1.80 bits per heavy atom. The maximum atomic E-state index is 8.93. The zero-order valence-corrected chi connectivity index (χ0v) is 10.2. The molecule has 2 heterocycles. The van der Waals surface area contributed by atoms with Crippen LogP contribution in [0.2, 0.25) is 0 Å². The highest BCUT2D eigenvalue weighted by molar-refractivity contribution is 5.10. The van der Waals surface area contributed by atoms with E-state index < -0.39 is 0 Å². The van der Waals surface area contributed by atoms with Crippen LogP contribution in [-0.4, -0.2) is 47.6 Å². The third kappa shape index (κ3) is 1.89. The first-order valence-electron chi connectivity index (χ1n) is 5.74. The van der Waals surface area contributed by atoms with Gasteiger partial charge in [0, 0.05) is 37.8 Å². The van der Waals surface area contributed by atoms with Crippen LogP contribution in [0.15, 0.2) is 0 Å². The van der Waals surface area contributed by atoms with E-state index in [1.54, 1.807) is 0 Å². The molecule has 2 aliphatic rings. The van der Waals surface area contributed by atoms with E-state index in [0.717, 1.165) is 13.1 Å². The van der Waals surface area contributed by atoms with Gasteiger partial charge in [0.2, 0.25) is 0 Å². The number of nitrogens with zero attached hydrogens (tertiary/aromatic N) is 3. The van der Waals surface area contributed by atoms with Gasteiger partial charge in [-0.25, -0.2) is 0 Å². The van der Waals surface area contributed by atoms with Crippen molar-refractivity contribution in [1.82, 2.24) is 9.80 Å². The fourth-order valence-corrected chi connectivity index (χ4v) is 2.41. The number of hydrogen-bond donors (Lipinski definition) is 0. The molecule has 0 aliphatic carbocycles. The molecule has 0 radical (unpaired) electrons. The van der Waals surface area contributed by atoms with Gasteiger partial charge in [-0.15, -0.1) is 0 Å². The summed E-state index contributed by atoms with van der Waals surface area (Å²) in [6, 6.07) is 3.10. The molecule has 2 rings (SSSR count). The normalized spacial score (nSPS) is 27.9. The Balaban J connectivity index is 1.77. The fraction of sp³-hybridized carbons (Fsp3) is 0.917. The van der Waals surface area contributed by atoms with Crippen LogP contribution >= 0.6 is 0 Å². The molecule has 0 N–H and O–H groups in total. The monoisotopic (exact) mass is 207 g/mol. The summed E-state index contributed by atoms with van der Waals surface area (Å²) in [5.41, 5.74) is 0.238. The van der Waals surface area contributed by atoms with Crippen LogP contribution in [0.3, 0.4) is 0 Å². The van der Waals surface area contributed by atoms with Crippen molar-refractivity contribution < 1.29 is 0 Å². The van der Waals surface area contributed by atoms with E-state index in [2.05, 4.69) is 43.6 Å². The summed E-state index contributed by atoms with van der Waals surface area (Å²) in [6.45, 7) is 13.1. The highest BCUT2D eigenvalue weighted by Gasteiger charge is 2.47. The van der Waals surface area contributed by atoms with Crippen molar-refractivity contribution in [3.63, 3.8) is 0 Å². The van der Waals surface area contributed by atoms with Gasteiger partial charge in [0.1, 0.15) is 0 Å². The summed E-state index contributed by atoms with van der Waals surface area (Å²) in [4.78, 5) is 4.95. The zero-order valence-electron chi connectivity index (χ0n) is 10.2. The van der Waals surface area contributed by atoms with Crippen LogP contribution < -0.4 is 0 Å². The van der Waals surface area contributed by atoms with Crippen LogP contribution in [0.4, 0.5) is 0 Å². The van der Waals surface area contributed by atoms with Crippen molar-refractivity contribution in [1.29, 1.82) is 5.26 Å². The van der Waals surface area contributed by atoms with E-state index >= 15 is 0 Å². The topological polar surface area (TPSA) is 30.3 Å². The third-order valence-electron chi connectivity index (χ3n) is 3.70. The highest BCUT2D eigenvalue weighted by Crippen LogP contribution is 2.34. The van der Waals surface area contributed by atoms with Gasteiger partial charge >= 0.3 is 0 Å². The van der Waals surface area contributed by atoms with Crippen molar-refractivity contribution in [2.45, 2.75) is 39.3 Å². The second kappa shape index (κ2) is 3.20. The summed E-state index contributed by atoms with van der Waals surface area (Å²) < 4.78 is 0. The van der Waals surface area contributed by atoms with Crippen LogP contribution in [0.5, 0.6) is 0 Å². The quantitative estimate of drug-likeness (QED) is 0.649. The average molecular weight is 207 g/mol. The molecule has 0 atom stereocenters. The van der Waals surface area contributed by atoms with E-state index in [-0.39, 0.29) is 5.41 Å². The smallest absolute Gasteiger partial charge is 0.0799 e. The minimum absolute atomic E-state index is 0.0673. The summed E-state index contributed by atoms with van der Waals surface area (Å²) in [5.74, 6) is 0.